The van der Waals surface area contributed by atoms with E-state index in [0.29, 0.717) is 16.7 Å². The van der Waals surface area contributed by atoms with Crippen LogP contribution in [0.2, 0.25) is 0 Å². The molecule has 0 unspecified atom stereocenters. The van der Waals surface area contributed by atoms with Gasteiger partial charge in [0.15, 0.2) is 5.13 Å². The van der Waals surface area contributed by atoms with Crippen LogP contribution in [0.15, 0.2) is 30.5 Å². The lowest BCUT2D eigenvalue weighted by molar-refractivity contribution is -0.384. The van der Waals surface area contributed by atoms with Crippen molar-refractivity contribution < 1.29 is 9.72 Å². The molecule has 1 saturated carbocycles. The smallest absolute Gasteiger partial charge is 0.308 e. The molecule has 21 heavy (non-hydrogen) atoms. The number of benzene rings is 1. The zero-order valence-corrected chi connectivity index (χ0v) is 11.7. The van der Waals surface area contributed by atoms with Gasteiger partial charge in [-0.3, -0.25) is 15.4 Å². The molecular weight excluding hydrogens is 292 g/mol. The summed E-state index contributed by atoms with van der Waals surface area (Å²) in [6.07, 6.45) is 4.18. The van der Waals surface area contributed by atoms with Crippen molar-refractivity contribution >= 4 is 33.9 Å². The van der Waals surface area contributed by atoms with Crippen molar-refractivity contribution in [2.75, 3.05) is 10.6 Å². The van der Waals surface area contributed by atoms with Crippen molar-refractivity contribution in [1.29, 1.82) is 0 Å². The molecule has 1 heterocycles. The Morgan fingerprint density at radius 1 is 1.29 bits per heavy atom. The fourth-order valence-electron chi connectivity index (χ4n) is 1.83. The predicted molar refractivity (Wildman–Crippen MR) is 79.8 cm³/mol. The number of non-ortho nitro benzene ring substituents is 1. The van der Waals surface area contributed by atoms with Crippen LogP contribution in [0.5, 0.6) is 0 Å². The SMILES string of the molecule is O=C(Nc1ccc([N+](=O)[O-])cc1)Nc1ncc(C2CC2)s1. The summed E-state index contributed by atoms with van der Waals surface area (Å²) in [4.78, 5) is 27.2. The van der Waals surface area contributed by atoms with E-state index in [9.17, 15) is 14.9 Å². The number of hydrogen-bond acceptors (Lipinski definition) is 5. The number of rotatable bonds is 4. The fourth-order valence-corrected chi connectivity index (χ4v) is 2.81. The van der Waals surface area contributed by atoms with Crippen LogP contribution in [0.25, 0.3) is 0 Å². The summed E-state index contributed by atoms with van der Waals surface area (Å²) in [5.41, 5.74) is 0.465. The first-order valence-electron chi connectivity index (χ1n) is 6.40. The van der Waals surface area contributed by atoms with Crippen LogP contribution in [0.3, 0.4) is 0 Å². The number of nitro groups is 1. The first-order chi connectivity index (χ1) is 10.1. The van der Waals surface area contributed by atoms with Gasteiger partial charge in [-0.2, -0.15) is 0 Å². The molecule has 0 radical (unpaired) electrons. The molecule has 2 aromatic rings. The topological polar surface area (TPSA) is 97.2 Å². The van der Waals surface area contributed by atoms with E-state index in [-0.39, 0.29) is 5.69 Å². The van der Waals surface area contributed by atoms with Crippen LogP contribution in [0.1, 0.15) is 23.6 Å². The molecule has 1 aromatic carbocycles. The van der Waals surface area contributed by atoms with E-state index in [1.54, 1.807) is 6.20 Å². The van der Waals surface area contributed by atoms with Crippen molar-refractivity contribution in [2.24, 2.45) is 0 Å². The lowest BCUT2D eigenvalue weighted by Crippen LogP contribution is -2.19. The van der Waals surface area contributed by atoms with Gasteiger partial charge < -0.3 is 5.32 Å². The Morgan fingerprint density at radius 2 is 2.00 bits per heavy atom. The molecule has 0 bridgehead atoms. The fraction of sp³-hybridized carbons (Fsp3) is 0.231. The molecule has 1 aliphatic rings. The molecule has 108 valence electrons. The number of nitrogens with one attached hydrogen (secondary N) is 2. The Kier molecular flexibility index (Phi) is 3.53. The molecular formula is C13H12N4O3S. The second-order valence-electron chi connectivity index (χ2n) is 4.73. The number of nitrogens with zero attached hydrogens (tertiary/aromatic N) is 2. The minimum atomic E-state index is -0.487. The van der Waals surface area contributed by atoms with Gasteiger partial charge in [0.05, 0.1) is 4.92 Å². The second kappa shape index (κ2) is 5.49. The molecule has 8 heteroatoms. The van der Waals surface area contributed by atoms with Gasteiger partial charge in [-0.1, -0.05) is 0 Å². The van der Waals surface area contributed by atoms with Crippen LogP contribution in [-0.4, -0.2) is 15.9 Å². The first kappa shape index (κ1) is 13.5. The quantitative estimate of drug-likeness (QED) is 0.666. The van der Waals surface area contributed by atoms with Crippen molar-refractivity contribution in [3.05, 3.63) is 45.5 Å². The van der Waals surface area contributed by atoms with E-state index in [4.69, 9.17) is 0 Å². The first-order valence-corrected chi connectivity index (χ1v) is 7.21. The maximum atomic E-state index is 11.8. The third-order valence-corrected chi connectivity index (χ3v) is 4.14. The van der Waals surface area contributed by atoms with Gasteiger partial charge in [0, 0.05) is 28.9 Å². The monoisotopic (exact) mass is 304 g/mol. The number of carbonyl (C=O) groups excluding carboxylic acids is 1. The minimum absolute atomic E-state index is 0.0186. The van der Waals surface area contributed by atoms with E-state index in [1.807, 2.05) is 0 Å². The van der Waals surface area contributed by atoms with Gasteiger partial charge in [0.2, 0.25) is 0 Å². The molecule has 2 N–H and O–H groups in total. The highest BCUT2D eigenvalue weighted by molar-refractivity contribution is 7.15. The van der Waals surface area contributed by atoms with Crippen molar-refractivity contribution in [3.8, 4) is 0 Å². The van der Waals surface area contributed by atoms with Gasteiger partial charge in [-0.15, -0.1) is 11.3 Å². The number of hydrogen-bond donors (Lipinski definition) is 2. The molecule has 0 atom stereocenters. The Bertz CT molecular complexity index is 679. The number of amides is 2. The molecule has 0 spiro atoms. The van der Waals surface area contributed by atoms with Crippen molar-refractivity contribution in [3.63, 3.8) is 0 Å². The standard InChI is InChI=1S/C13H12N4O3S/c18-12(15-9-3-5-10(6-4-9)17(19)20)16-13-14-7-11(21-13)8-1-2-8/h3-8H,1-2H2,(H2,14,15,16,18). The number of nitro benzene ring substituents is 1. The number of aromatic nitrogens is 1. The molecule has 1 fully saturated rings. The Hall–Kier alpha value is -2.48. The molecule has 7 nitrogen and oxygen atoms in total. The number of thiazole rings is 1. The molecule has 0 aliphatic heterocycles. The van der Waals surface area contributed by atoms with Crippen molar-refractivity contribution in [2.45, 2.75) is 18.8 Å². The van der Waals surface area contributed by atoms with E-state index in [1.165, 1.54) is 53.3 Å². The third-order valence-electron chi connectivity index (χ3n) is 3.06. The lowest BCUT2D eigenvalue weighted by Gasteiger charge is -2.04. The van der Waals surface area contributed by atoms with Crippen molar-refractivity contribution in [1.82, 2.24) is 4.98 Å². The summed E-state index contributed by atoms with van der Waals surface area (Å²) in [7, 11) is 0. The van der Waals surface area contributed by atoms with Gasteiger partial charge in [0.1, 0.15) is 0 Å². The highest BCUT2D eigenvalue weighted by atomic mass is 32.1. The third kappa shape index (κ3) is 3.34. The summed E-state index contributed by atoms with van der Waals surface area (Å²) < 4.78 is 0. The van der Waals surface area contributed by atoms with E-state index in [0.717, 1.165) is 0 Å². The Morgan fingerprint density at radius 3 is 2.62 bits per heavy atom. The second-order valence-corrected chi connectivity index (χ2v) is 5.79. The van der Waals surface area contributed by atoms with Crippen LogP contribution >= 0.6 is 11.3 Å². The number of urea groups is 1. The highest BCUT2D eigenvalue weighted by Gasteiger charge is 2.25. The summed E-state index contributed by atoms with van der Waals surface area (Å²) in [6, 6.07) is 5.22. The molecule has 1 aromatic heterocycles. The Balaban J connectivity index is 1.58. The van der Waals surface area contributed by atoms with Gasteiger partial charge in [-0.25, -0.2) is 9.78 Å². The van der Waals surface area contributed by atoms with Crippen LogP contribution in [-0.2, 0) is 0 Å². The summed E-state index contributed by atoms with van der Waals surface area (Å²) in [5.74, 6) is 0.607. The maximum Gasteiger partial charge on any atom is 0.325 e. The zero-order chi connectivity index (χ0) is 14.8. The van der Waals surface area contributed by atoms with Gasteiger partial charge >= 0.3 is 6.03 Å². The Labute approximate surface area is 124 Å². The average Bonchev–Trinajstić information content (AvgIpc) is 3.20. The average molecular weight is 304 g/mol. The van der Waals surface area contributed by atoms with Crippen LogP contribution in [0.4, 0.5) is 21.3 Å². The highest BCUT2D eigenvalue weighted by Crippen LogP contribution is 2.43. The summed E-state index contributed by atoms with van der Waals surface area (Å²) >= 11 is 1.48. The van der Waals surface area contributed by atoms with Crippen LogP contribution < -0.4 is 10.6 Å². The van der Waals surface area contributed by atoms with Gasteiger partial charge in [0.25, 0.3) is 5.69 Å². The maximum absolute atomic E-state index is 11.8. The van der Waals surface area contributed by atoms with E-state index >= 15 is 0 Å². The molecule has 1 aliphatic carbocycles. The van der Waals surface area contributed by atoms with Crippen LogP contribution in [0, 0.1) is 10.1 Å². The minimum Gasteiger partial charge on any atom is -0.308 e. The summed E-state index contributed by atoms with van der Waals surface area (Å²) in [5, 5.41) is 16.3. The molecule has 3 rings (SSSR count). The van der Waals surface area contributed by atoms with E-state index in [2.05, 4.69) is 15.6 Å². The number of carbonyl (C=O) groups is 1. The molecule has 2 amide bonds. The number of anilines is 2. The largest absolute Gasteiger partial charge is 0.325 e. The lowest BCUT2D eigenvalue weighted by atomic mass is 10.3. The predicted octanol–water partition coefficient (Wildman–Crippen LogP) is 3.57. The van der Waals surface area contributed by atoms with E-state index < -0.39 is 11.0 Å². The van der Waals surface area contributed by atoms with Gasteiger partial charge in [-0.05, 0) is 30.9 Å². The summed E-state index contributed by atoms with van der Waals surface area (Å²) in [6.45, 7) is 0. The molecule has 0 saturated heterocycles. The zero-order valence-electron chi connectivity index (χ0n) is 10.9. The normalized spacial score (nSPS) is 13.7.